The minimum Gasteiger partial charge on any atom is -0.312 e. The molecule has 1 saturated carbocycles. The van der Waals surface area contributed by atoms with Crippen LogP contribution < -0.4 is 5.32 Å². The first-order valence-electron chi connectivity index (χ1n) is 12.5. The number of nitrogens with zero attached hydrogens (tertiary/aromatic N) is 2. The number of aryl methyl sites for hydroxylation is 1. The van der Waals surface area contributed by atoms with Crippen LogP contribution in [-0.2, 0) is 21.2 Å². The van der Waals surface area contributed by atoms with Gasteiger partial charge in [0.15, 0.2) is 0 Å². The molecule has 1 aliphatic carbocycles. The molecule has 10 heteroatoms. The molecule has 0 bridgehead atoms. The fourth-order valence-electron chi connectivity index (χ4n) is 5.78. The summed E-state index contributed by atoms with van der Waals surface area (Å²) in [6.45, 7) is 0.395. The van der Waals surface area contributed by atoms with Crippen LogP contribution >= 0.6 is 0 Å². The van der Waals surface area contributed by atoms with Gasteiger partial charge < -0.3 is 5.32 Å². The van der Waals surface area contributed by atoms with Crippen molar-refractivity contribution in [2.75, 3.05) is 18.8 Å². The molecule has 6 nitrogen and oxygen atoms in total. The zero-order valence-electron chi connectivity index (χ0n) is 19.9. The molecular weight excluding hydrogens is 491 g/mol. The first-order chi connectivity index (χ1) is 17.1. The third-order valence-electron chi connectivity index (χ3n) is 8.03. The summed E-state index contributed by atoms with van der Waals surface area (Å²) < 4.78 is 66.6. The predicted octanol–water partition coefficient (Wildman–Crippen LogP) is 4.44. The summed E-state index contributed by atoms with van der Waals surface area (Å²) in [6.07, 6.45) is -2.48. The maximum atomic E-state index is 13.1. The highest BCUT2D eigenvalue weighted by Crippen LogP contribution is 2.41. The number of aliphatic imine (C=N–C) groups is 1. The number of alkyl halides is 3. The molecule has 1 amide bonds. The van der Waals surface area contributed by atoms with Crippen molar-refractivity contribution in [1.29, 1.82) is 0 Å². The average Bonchev–Trinajstić information content (AvgIpc) is 3.18. The summed E-state index contributed by atoms with van der Waals surface area (Å²) in [6, 6.07) is 13.8. The fraction of sp³-hybridized carbons (Fsp3) is 0.538. The number of carbonyl (C=O) groups excluding carboxylic acids is 1. The van der Waals surface area contributed by atoms with Crippen LogP contribution in [0.4, 0.5) is 13.2 Å². The maximum Gasteiger partial charge on any atom is 0.391 e. The summed E-state index contributed by atoms with van der Waals surface area (Å²) in [7, 11) is -3.52. The summed E-state index contributed by atoms with van der Waals surface area (Å²) in [5, 5.41) is 4.93. The predicted molar refractivity (Wildman–Crippen MR) is 132 cm³/mol. The standard InChI is InChI=1S/C26H30F3N3O3S/c27-26(28,29)21-10-8-20(9-11-21)23-30-24(33)25(31-23)13-15-32(16-14-25)36(34,35)17-12-19-6-3-5-18-4-1-2-7-22(18)19/h1-7,20-21H,8-17H2,(H,30,31,33). The normalized spacial score (nSPS) is 25.2. The summed E-state index contributed by atoms with van der Waals surface area (Å²) in [5.74, 6) is -1.27. The lowest BCUT2D eigenvalue weighted by Crippen LogP contribution is -2.51. The second-order valence-electron chi connectivity index (χ2n) is 10.2. The van der Waals surface area contributed by atoms with Gasteiger partial charge in [0.05, 0.1) is 11.7 Å². The Hall–Kier alpha value is -2.46. The van der Waals surface area contributed by atoms with Crippen LogP contribution in [0.2, 0.25) is 0 Å². The van der Waals surface area contributed by atoms with Gasteiger partial charge in [-0.25, -0.2) is 12.7 Å². The molecule has 1 N–H and O–H groups in total. The van der Waals surface area contributed by atoms with E-state index in [0.29, 0.717) is 25.1 Å². The van der Waals surface area contributed by atoms with Crippen LogP contribution in [0.25, 0.3) is 10.8 Å². The lowest BCUT2D eigenvalue weighted by Gasteiger charge is -2.34. The van der Waals surface area contributed by atoms with Crippen molar-refractivity contribution in [2.24, 2.45) is 16.8 Å². The highest BCUT2D eigenvalue weighted by Gasteiger charge is 2.49. The quantitative estimate of drug-likeness (QED) is 0.632. The second kappa shape index (κ2) is 9.45. The van der Waals surface area contributed by atoms with E-state index in [2.05, 4.69) is 10.3 Å². The van der Waals surface area contributed by atoms with Gasteiger partial charge in [-0.3, -0.25) is 9.79 Å². The van der Waals surface area contributed by atoms with Crippen LogP contribution in [0.1, 0.15) is 44.1 Å². The smallest absolute Gasteiger partial charge is 0.312 e. The minimum atomic E-state index is -4.18. The maximum absolute atomic E-state index is 13.1. The van der Waals surface area contributed by atoms with E-state index in [9.17, 15) is 26.4 Å². The number of amides is 1. The van der Waals surface area contributed by atoms with Crippen molar-refractivity contribution in [3.63, 3.8) is 0 Å². The molecule has 1 spiro atoms. The number of nitrogens with one attached hydrogen (secondary N) is 1. The number of carbonyl (C=O) groups is 1. The van der Waals surface area contributed by atoms with Crippen LogP contribution in [0.3, 0.4) is 0 Å². The zero-order chi connectivity index (χ0) is 25.6. The number of sulfonamides is 1. The molecule has 2 aromatic carbocycles. The number of hydrogen-bond donors (Lipinski definition) is 1. The number of benzene rings is 2. The highest BCUT2D eigenvalue weighted by molar-refractivity contribution is 7.89. The molecule has 0 unspecified atom stereocenters. The van der Waals surface area contributed by atoms with E-state index in [4.69, 9.17) is 0 Å². The van der Waals surface area contributed by atoms with Crippen LogP contribution in [0, 0.1) is 11.8 Å². The Morgan fingerprint density at radius 3 is 2.36 bits per heavy atom. The Kier molecular flexibility index (Phi) is 6.61. The number of rotatable bonds is 5. The monoisotopic (exact) mass is 521 g/mol. The first kappa shape index (κ1) is 25.2. The van der Waals surface area contributed by atoms with E-state index in [1.54, 1.807) is 0 Å². The van der Waals surface area contributed by atoms with Gasteiger partial charge in [-0.2, -0.15) is 13.2 Å². The van der Waals surface area contributed by atoms with Gasteiger partial charge in [0.25, 0.3) is 5.91 Å². The van der Waals surface area contributed by atoms with Crippen molar-refractivity contribution in [3.05, 3.63) is 48.0 Å². The van der Waals surface area contributed by atoms with Gasteiger partial charge in [0.2, 0.25) is 10.0 Å². The van der Waals surface area contributed by atoms with Crippen molar-refractivity contribution in [3.8, 4) is 0 Å². The third kappa shape index (κ3) is 4.89. The number of amidine groups is 1. The van der Waals surface area contributed by atoms with Crippen LogP contribution in [-0.4, -0.2) is 55.0 Å². The molecule has 194 valence electrons. The fourth-order valence-corrected chi connectivity index (χ4v) is 7.26. The molecular formula is C26H30F3N3O3S. The summed E-state index contributed by atoms with van der Waals surface area (Å²) in [4.78, 5) is 17.5. The van der Waals surface area contributed by atoms with E-state index in [1.807, 2.05) is 42.5 Å². The molecule has 2 heterocycles. The minimum absolute atomic E-state index is 0.0167. The van der Waals surface area contributed by atoms with E-state index in [-0.39, 0.29) is 56.4 Å². The van der Waals surface area contributed by atoms with Crippen molar-refractivity contribution >= 4 is 32.5 Å². The van der Waals surface area contributed by atoms with Crippen LogP contribution in [0.15, 0.2) is 47.5 Å². The van der Waals surface area contributed by atoms with Gasteiger partial charge in [-0.15, -0.1) is 0 Å². The molecule has 0 atom stereocenters. The molecule has 1 saturated heterocycles. The molecule has 2 aliphatic heterocycles. The highest BCUT2D eigenvalue weighted by atomic mass is 32.2. The second-order valence-corrected chi connectivity index (χ2v) is 12.3. The number of fused-ring (bicyclic) bond motifs is 1. The Labute approximate surface area is 209 Å². The van der Waals surface area contributed by atoms with Gasteiger partial charge in [-0.1, -0.05) is 42.5 Å². The topological polar surface area (TPSA) is 78.8 Å². The molecule has 0 radical (unpaired) electrons. The SMILES string of the molecule is O=C1NC(C2CCC(C(F)(F)F)CC2)=NC12CCN(S(=O)(=O)CCc1cccc3ccccc13)CC2. The Balaban J connectivity index is 1.20. The molecule has 2 fully saturated rings. The molecule has 5 rings (SSSR count). The van der Waals surface area contributed by atoms with E-state index >= 15 is 0 Å². The van der Waals surface area contributed by atoms with Crippen molar-refractivity contribution in [1.82, 2.24) is 9.62 Å². The average molecular weight is 522 g/mol. The lowest BCUT2D eigenvalue weighted by molar-refractivity contribution is -0.182. The van der Waals surface area contributed by atoms with E-state index < -0.39 is 27.7 Å². The number of hydrogen-bond acceptors (Lipinski definition) is 4. The Bertz CT molecular complexity index is 1270. The van der Waals surface area contributed by atoms with Crippen molar-refractivity contribution < 1.29 is 26.4 Å². The Morgan fingerprint density at radius 2 is 1.67 bits per heavy atom. The number of halogens is 3. The summed E-state index contributed by atoms with van der Waals surface area (Å²) >= 11 is 0. The summed E-state index contributed by atoms with van der Waals surface area (Å²) in [5.41, 5.74) is -0.0347. The van der Waals surface area contributed by atoms with Crippen molar-refractivity contribution in [2.45, 2.75) is 56.7 Å². The third-order valence-corrected chi connectivity index (χ3v) is 9.90. The van der Waals surface area contributed by atoms with E-state index in [0.717, 1.165) is 16.3 Å². The first-order valence-corrected chi connectivity index (χ1v) is 14.1. The lowest BCUT2D eigenvalue weighted by atomic mass is 9.81. The zero-order valence-corrected chi connectivity index (χ0v) is 20.7. The molecule has 3 aliphatic rings. The van der Waals surface area contributed by atoms with Gasteiger partial charge in [0, 0.05) is 19.0 Å². The Morgan fingerprint density at radius 1 is 1.00 bits per heavy atom. The number of piperidine rings is 1. The van der Waals surface area contributed by atoms with Gasteiger partial charge >= 0.3 is 6.18 Å². The van der Waals surface area contributed by atoms with E-state index in [1.165, 1.54) is 4.31 Å². The molecule has 0 aromatic heterocycles. The molecule has 36 heavy (non-hydrogen) atoms. The van der Waals surface area contributed by atoms with Gasteiger partial charge in [0.1, 0.15) is 11.4 Å². The van der Waals surface area contributed by atoms with Gasteiger partial charge in [-0.05, 0) is 61.3 Å². The molecule has 2 aromatic rings. The van der Waals surface area contributed by atoms with Crippen LogP contribution in [0.5, 0.6) is 0 Å². The largest absolute Gasteiger partial charge is 0.391 e.